The van der Waals surface area contributed by atoms with Crippen LogP contribution in [-0.2, 0) is 6.54 Å². The van der Waals surface area contributed by atoms with E-state index >= 15 is 0 Å². The van der Waals surface area contributed by atoms with Crippen LogP contribution in [0.4, 0.5) is 4.39 Å². The molecule has 0 saturated carbocycles. The summed E-state index contributed by atoms with van der Waals surface area (Å²) in [5, 5.41) is 5.04. The lowest BCUT2D eigenvalue weighted by Gasteiger charge is -2.05. The van der Waals surface area contributed by atoms with Gasteiger partial charge in [0, 0.05) is 17.0 Å². The molecule has 2 rings (SSSR count). The second kappa shape index (κ2) is 5.29. The van der Waals surface area contributed by atoms with Crippen LogP contribution in [-0.4, -0.2) is 14.2 Å². The summed E-state index contributed by atoms with van der Waals surface area (Å²) in [6.07, 6.45) is 0. The van der Waals surface area contributed by atoms with Gasteiger partial charge < -0.3 is 10.1 Å². The number of halogens is 1. The second-order valence-corrected chi connectivity index (χ2v) is 4.65. The molecule has 0 radical (unpaired) electrons. The van der Waals surface area contributed by atoms with Crippen LogP contribution in [0.5, 0.6) is 5.75 Å². The van der Waals surface area contributed by atoms with Gasteiger partial charge in [0.2, 0.25) is 0 Å². The highest BCUT2D eigenvalue weighted by atomic mass is 32.1. The first kappa shape index (κ1) is 12.1. The Morgan fingerprint density at radius 2 is 2.24 bits per heavy atom. The first-order chi connectivity index (χ1) is 8.26. The number of hydrogen-bond acceptors (Lipinski definition) is 3. The minimum atomic E-state index is -0.302. The average molecular weight is 251 g/mol. The molecule has 1 N–H and O–H groups in total. The van der Waals surface area contributed by atoms with Gasteiger partial charge in [-0.15, -0.1) is 11.3 Å². The molecule has 0 aliphatic rings. The summed E-state index contributed by atoms with van der Waals surface area (Å²) < 4.78 is 19.0. The van der Waals surface area contributed by atoms with E-state index in [1.165, 1.54) is 12.0 Å². The molecule has 1 heterocycles. The fourth-order valence-electron chi connectivity index (χ4n) is 1.68. The smallest absolute Gasteiger partial charge is 0.172 e. The zero-order valence-electron chi connectivity index (χ0n) is 9.79. The van der Waals surface area contributed by atoms with Crippen LogP contribution in [0.15, 0.2) is 29.6 Å². The highest BCUT2D eigenvalue weighted by Gasteiger charge is 2.11. The molecule has 0 aliphatic carbocycles. The van der Waals surface area contributed by atoms with Gasteiger partial charge >= 0.3 is 0 Å². The van der Waals surface area contributed by atoms with Gasteiger partial charge in [-0.05, 0) is 30.1 Å². The topological polar surface area (TPSA) is 21.3 Å². The third-order valence-corrected chi connectivity index (χ3v) is 3.44. The maximum atomic E-state index is 14.0. The van der Waals surface area contributed by atoms with Crippen molar-refractivity contribution in [2.75, 3.05) is 14.2 Å². The average Bonchev–Trinajstić information content (AvgIpc) is 2.78. The van der Waals surface area contributed by atoms with Gasteiger partial charge in [-0.1, -0.05) is 12.1 Å². The Bertz CT molecular complexity index is 510. The van der Waals surface area contributed by atoms with Crippen LogP contribution < -0.4 is 10.1 Å². The normalized spacial score (nSPS) is 10.5. The van der Waals surface area contributed by atoms with E-state index in [2.05, 4.69) is 5.32 Å². The van der Waals surface area contributed by atoms with Crippen molar-refractivity contribution in [3.05, 3.63) is 40.3 Å². The first-order valence-corrected chi connectivity index (χ1v) is 6.19. The largest absolute Gasteiger partial charge is 0.494 e. The van der Waals surface area contributed by atoms with Crippen molar-refractivity contribution in [2.24, 2.45) is 0 Å². The van der Waals surface area contributed by atoms with Crippen LogP contribution in [0.3, 0.4) is 0 Å². The molecule has 2 aromatic rings. The lowest BCUT2D eigenvalue weighted by Crippen LogP contribution is -2.02. The Morgan fingerprint density at radius 1 is 1.41 bits per heavy atom. The number of nitrogens with one attached hydrogen (secondary N) is 1. The molecule has 0 unspecified atom stereocenters. The van der Waals surface area contributed by atoms with E-state index in [0.717, 1.165) is 12.1 Å². The minimum absolute atomic E-state index is 0.281. The zero-order valence-corrected chi connectivity index (χ0v) is 10.6. The number of thiophene rings is 1. The van der Waals surface area contributed by atoms with E-state index in [0.29, 0.717) is 5.56 Å². The molecule has 17 heavy (non-hydrogen) atoms. The van der Waals surface area contributed by atoms with Crippen molar-refractivity contribution in [2.45, 2.75) is 6.54 Å². The third-order valence-electron chi connectivity index (χ3n) is 2.50. The number of hydrogen-bond donors (Lipinski definition) is 1. The number of methoxy groups -OCH3 is 1. The van der Waals surface area contributed by atoms with E-state index in [9.17, 15) is 4.39 Å². The van der Waals surface area contributed by atoms with Gasteiger partial charge in [0.25, 0.3) is 0 Å². The molecule has 90 valence electrons. The lowest BCUT2D eigenvalue weighted by molar-refractivity contribution is 0.387. The molecule has 4 heteroatoms. The van der Waals surface area contributed by atoms with Gasteiger partial charge in [0.15, 0.2) is 11.6 Å². The summed E-state index contributed by atoms with van der Waals surface area (Å²) >= 11 is 1.62. The highest BCUT2D eigenvalue weighted by molar-refractivity contribution is 7.10. The maximum Gasteiger partial charge on any atom is 0.172 e. The minimum Gasteiger partial charge on any atom is -0.494 e. The van der Waals surface area contributed by atoms with E-state index in [-0.39, 0.29) is 11.6 Å². The third kappa shape index (κ3) is 2.48. The summed E-state index contributed by atoms with van der Waals surface area (Å²) in [6.45, 7) is 0.802. The monoisotopic (exact) mass is 251 g/mol. The van der Waals surface area contributed by atoms with Gasteiger partial charge in [-0.2, -0.15) is 0 Å². The second-order valence-electron chi connectivity index (χ2n) is 3.65. The van der Waals surface area contributed by atoms with Crippen molar-refractivity contribution in [3.8, 4) is 16.9 Å². The lowest BCUT2D eigenvalue weighted by atomic mass is 10.1. The number of rotatable bonds is 4. The van der Waals surface area contributed by atoms with Gasteiger partial charge in [0.05, 0.1) is 7.11 Å². The summed E-state index contributed by atoms with van der Waals surface area (Å²) in [5.74, 6) is -0.0207. The zero-order chi connectivity index (χ0) is 12.3. The molecule has 2 nitrogen and oxygen atoms in total. The van der Waals surface area contributed by atoms with Crippen LogP contribution in [0, 0.1) is 5.82 Å². The molecule has 0 fully saturated rings. The molecule has 0 saturated heterocycles. The summed E-state index contributed by atoms with van der Waals surface area (Å²) in [5.41, 5.74) is 1.49. The molecular formula is C13H14FNOS. The molecule has 0 aliphatic heterocycles. The number of benzene rings is 1. The van der Waals surface area contributed by atoms with Gasteiger partial charge in [-0.25, -0.2) is 4.39 Å². The number of ether oxygens (including phenoxy) is 1. The van der Waals surface area contributed by atoms with Crippen molar-refractivity contribution < 1.29 is 9.13 Å². The molecule has 0 atom stereocenters. The Labute approximate surface area is 104 Å². The van der Waals surface area contributed by atoms with Gasteiger partial charge in [0.1, 0.15) is 0 Å². The first-order valence-electron chi connectivity index (χ1n) is 5.31. The summed E-state index contributed by atoms with van der Waals surface area (Å²) in [4.78, 5) is 1.18. The van der Waals surface area contributed by atoms with E-state index < -0.39 is 0 Å². The van der Waals surface area contributed by atoms with Crippen LogP contribution >= 0.6 is 11.3 Å². The molecule has 1 aromatic heterocycles. The van der Waals surface area contributed by atoms with E-state index in [1.807, 2.05) is 18.5 Å². The quantitative estimate of drug-likeness (QED) is 0.900. The molecule has 0 amide bonds. The van der Waals surface area contributed by atoms with Crippen molar-refractivity contribution in [3.63, 3.8) is 0 Å². The van der Waals surface area contributed by atoms with Gasteiger partial charge in [-0.3, -0.25) is 0 Å². The van der Waals surface area contributed by atoms with Crippen LogP contribution in [0.25, 0.3) is 11.1 Å². The van der Waals surface area contributed by atoms with Crippen molar-refractivity contribution >= 4 is 11.3 Å². The molecule has 0 bridgehead atoms. The Morgan fingerprint density at radius 3 is 2.94 bits per heavy atom. The highest BCUT2D eigenvalue weighted by Crippen LogP contribution is 2.31. The van der Waals surface area contributed by atoms with Crippen molar-refractivity contribution in [1.29, 1.82) is 0 Å². The molecule has 1 aromatic carbocycles. The van der Waals surface area contributed by atoms with E-state index in [4.69, 9.17) is 4.74 Å². The fraction of sp³-hybridized carbons (Fsp3) is 0.231. The fourth-order valence-corrected chi connectivity index (χ4v) is 2.58. The van der Waals surface area contributed by atoms with Crippen LogP contribution in [0.1, 0.15) is 4.88 Å². The summed E-state index contributed by atoms with van der Waals surface area (Å²) in [7, 11) is 3.37. The predicted molar refractivity (Wildman–Crippen MR) is 69.0 cm³/mol. The van der Waals surface area contributed by atoms with Crippen molar-refractivity contribution in [1.82, 2.24) is 5.32 Å². The SMILES string of the molecule is CNCc1cc(-c2cccc(OC)c2F)cs1. The Hall–Kier alpha value is -1.39. The summed E-state index contributed by atoms with van der Waals surface area (Å²) in [6, 6.07) is 7.19. The van der Waals surface area contributed by atoms with E-state index in [1.54, 1.807) is 29.5 Å². The standard InChI is InChI=1S/C13H14FNOS/c1-15-7-10-6-9(8-17-10)11-4-3-5-12(16-2)13(11)14/h3-6,8,15H,7H2,1-2H3. The van der Waals surface area contributed by atoms with Crippen LogP contribution in [0.2, 0.25) is 0 Å². The predicted octanol–water partition coefficient (Wildman–Crippen LogP) is 3.28. The maximum absolute atomic E-state index is 14.0. The molecular weight excluding hydrogens is 237 g/mol. The molecule has 0 spiro atoms. The Kier molecular flexibility index (Phi) is 3.76. The Balaban J connectivity index is 2.38.